The van der Waals surface area contributed by atoms with Gasteiger partial charge >= 0.3 is 0 Å². The maximum Gasteiger partial charge on any atom is 0.263 e. The van der Waals surface area contributed by atoms with Gasteiger partial charge in [0, 0.05) is 0 Å². The highest BCUT2D eigenvalue weighted by Crippen LogP contribution is 2.34. The molecule has 0 spiro atoms. The van der Waals surface area contributed by atoms with Crippen LogP contribution in [-0.2, 0) is 10.0 Å². The van der Waals surface area contributed by atoms with Gasteiger partial charge < -0.3 is 4.42 Å². The third-order valence-electron chi connectivity index (χ3n) is 4.56. The second-order valence-electron chi connectivity index (χ2n) is 6.83. The molecule has 0 amide bonds. The van der Waals surface area contributed by atoms with Crippen LogP contribution in [0.5, 0.6) is 0 Å². The lowest BCUT2D eigenvalue weighted by Gasteiger charge is -2.11. The van der Waals surface area contributed by atoms with Crippen LogP contribution in [-0.4, -0.2) is 23.4 Å². The molecular weight excluding hydrogens is 432 g/mol. The Morgan fingerprint density at radius 1 is 0.806 bits per heavy atom. The van der Waals surface area contributed by atoms with Gasteiger partial charge in [-0.1, -0.05) is 42.0 Å². The SMILES string of the molecule is Cc1ccc(S(=O)(=O)Nc2nc3ccccc3nc2Sc2nc3ccccc3o2)cc1. The van der Waals surface area contributed by atoms with E-state index in [2.05, 4.69) is 19.7 Å². The first kappa shape index (κ1) is 19.5. The molecule has 2 aromatic heterocycles. The van der Waals surface area contributed by atoms with Crippen LogP contribution in [0, 0.1) is 6.92 Å². The van der Waals surface area contributed by atoms with Crippen LogP contribution in [0.25, 0.3) is 22.1 Å². The Labute approximate surface area is 182 Å². The van der Waals surface area contributed by atoms with Gasteiger partial charge in [-0.3, -0.25) is 4.72 Å². The lowest BCUT2D eigenvalue weighted by Crippen LogP contribution is -2.15. The second kappa shape index (κ2) is 7.68. The fourth-order valence-electron chi connectivity index (χ4n) is 3.00. The van der Waals surface area contributed by atoms with Crippen molar-refractivity contribution in [3.05, 3.63) is 78.4 Å². The smallest absolute Gasteiger partial charge is 0.263 e. The lowest BCUT2D eigenvalue weighted by atomic mass is 10.2. The van der Waals surface area contributed by atoms with Gasteiger partial charge in [-0.05, 0) is 55.1 Å². The predicted octanol–water partition coefficient (Wildman–Crippen LogP) is 5.03. The molecule has 7 nitrogen and oxygen atoms in total. The minimum absolute atomic E-state index is 0.117. The maximum atomic E-state index is 13.0. The molecule has 5 rings (SSSR count). The number of nitrogens with zero attached hydrogens (tertiary/aromatic N) is 3. The van der Waals surface area contributed by atoms with E-state index in [0.717, 1.165) is 17.3 Å². The molecule has 0 aliphatic rings. The van der Waals surface area contributed by atoms with Crippen molar-refractivity contribution in [2.45, 2.75) is 22.1 Å². The molecule has 3 aromatic carbocycles. The van der Waals surface area contributed by atoms with E-state index >= 15 is 0 Å². The molecule has 0 unspecified atom stereocenters. The number of para-hydroxylation sites is 4. The zero-order chi connectivity index (χ0) is 21.4. The Morgan fingerprint density at radius 3 is 2.16 bits per heavy atom. The van der Waals surface area contributed by atoms with E-state index in [1.165, 1.54) is 0 Å². The third-order valence-corrected chi connectivity index (χ3v) is 6.74. The summed E-state index contributed by atoms with van der Waals surface area (Å²) in [7, 11) is -3.85. The van der Waals surface area contributed by atoms with E-state index in [0.29, 0.717) is 32.4 Å². The Bertz CT molecular complexity index is 1480. The molecule has 0 bridgehead atoms. The highest BCUT2D eigenvalue weighted by Gasteiger charge is 2.21. The summed E-state index contributed by atoms with van der Waals surface area (Å²) in [4.78, 5) is 13.7. The molecule has 154 valence electrons. The van der Waals surface area contributed by atoms with Gasteiger partial charge in [0.05, 0.1) is 15.9 Å². The molecule has 0 aliphatic carbocycles. The van der Waals surface area contributed by atoms with Crippen molar-refractivity contribution in [3.63, 3.8) is 0 Å². The number of hydrogen-bond acceptors (Lipinski definition) is 7. The molecule has 31 heavy (non-hydrogen) atoms. The quantitative estimate of drug-likeness (QED) is 0.402. The largest absolute Gasteiger partial charge is 0.431 e. The molecule has 0 fully saturated rings. The molecule has 0 radical (unpaired) electrons. The summed E-state index contributed by atoms with van der Waals surface area (Å²) >= 11 is 1.11. The predicted molar refractivity (Wildman–Crippen MR) is 120 cm³/mol. The first-order valence-corrected chi connectivity index (χ1v) is 11.7. The normalized spacial score (nSPS) is 11.8. The number of nitrogens with one attached hydrogen (secondary N) is 1. The van der Waals surface area contributed by atoms with E-state index in [-0.39, 0.29) is 10.7 Å². The van der Waals surface area contributed by atoms with Gasteiger partial charge in [-0.25, -0.2) is 23.4 Å². The molecule has 2 heterocycles. The van der Waals surface area contributed by atoms with Crippen LogP contribution in [0.3, 0.4) is 0 Å². The number of aryl methyl sites for hydroxylation is 1. The Hall–Kier alpha value is -3.43. The monoisotopic (exact) mass is 448 g/mol. The lowest BCUT2D eigenvalue weighted by molar-refractivity contribution is 0.489. The van der Waals surface area contributed by atoms with Gasteiger partial charge in [0.2, 0.25) is 0 Å². The van der Waals surface area contributed by atoms with Gasteiger partial charge in [0.25, 0.3) is 15.2 Å². The van der Waals surface area contributed by atoms with Gasteiger partial charge in [-0.2, -0.15) is 0 Å². The summed E-state index contributed by atoms with van der Waals surface area (Å²) in [6.45, 7) is 1.90. The van der Waals surface area contributed by atoms with Crippen molar-refractivity contribution in [1.82, 2.24) is 15.0 Å². The van der Waals surface area contributed by atoms with Crippen LogP contribution >= 0.6 is 11.8 Å². The summed E-state index contributed by atoms with van der Waals surface area (Å²) in [6.07, 6.45) is 0. The van der Waals surface area contributed by atoms with Crippen molar-refractivity contribution >= 4 is 49.7 Å². The van der Waals surface area contributed by atoms with Crippen LogP contribution in [0.2, 0.25) is 0 Å². The Morgan fingerprint density at radius 2 is 1.45 bits per heavy atom. The van der Waals surface area contributed by atoms with Gasteiger partial charge in [-0.15, -0.1) is 0 Å². The zero-order valence-electron chi connectivity index (χ0n) is 16.3. The number of oxazole rings is 1. The van der Waals surface area contributed by atoms with Crippen LogP contribution in [0.1, 0.15) is 5.56 Å². The number of rotatable bonds is 5. The van der Waals surface area contributed by atoms with Crippen molar-refractivity contribution in [2.24, 2.45) is 0 Å². The summed E-state index contributed by atoms with van der Waals surface area (Å²) in [6, 6.07) is 21.3. The highest BCUT2D eigenvalue weighted by atomic mass is 32.2. The standard InChI is InChI=1S/C22H16N4O3S2/c1-14-10-12-15(13-11-14)31(27,28)26-20-21(24-17-7-3-2-6-16(17)23-20)30-22-25-18-8-4-5-9-19(18)29-22/h2-13H,1H3,(H,23,26). The average molecular weight is 449 g/mol. The molecular formula is C22H16N4O3S2. The number of fused-ring (bicyclic) bond motifs is 2. The number of sulfonamides is 1. The summed E-state index contributed by atoms with van der Waals surface area (Å²) in [5, 5.41) is 0.697. The zero-order valence-corrected chi connectivity index (χ0v) is 17.9. The topological polar surface area (TPSA) is 98.0 Å². The van der Waals surface area contributed by atoms with Crippen LogP contribution in [0.15, 0.2) is 92.4 Å². The molecule has 5 aromatic rings. The molecule has 9 heteroatoms. The van der Waals surface area contributed by atoms with E-state index < -0.39 is 10.0 Å². The number of anilines is 1. The second-order valence-corrected chi connectivity index (χ2v) is 9.46. The maximum absolute atomic E-state index is 13.0. The first-order valence-electron chi connectivity index (χ1n) is 9.38. The van der Waals surface area contributed by atoms with Gasteiger partial charge in [0.15, 0.2) is 11.4 Å². The van der Waals surface area contributed by atoms with E-state index in [1.807, 2.05) is 49.4 Å². The number of benzene rings is 3. The van der Waals surface area contributed by atoms with Crippen molar-refractivity contribution in [1.29, 1.82) is 0 Å². The third kappa shape index (κ3) is 3.97. The van der Waals surface area contributed by atoms with Crippen molar-refractivity contribution < 1.29 is 12.8 Å². The van der Waals surface area contributed by atoms with Crippen molar-refractivity contribution in [2.75, 3.05) is 4.72 Å². The minimum Gasteiger partial charge on any atom is -0.431 e. The Balaban J connectivity index is 1.58. The molecule has 0 saturated carbocycles. The van der Waals surface area contributed by atoms with E-state index in [4.69, 9.17) is 4.42 Å². The highest BCUT2D eigenvalue weighted by molar-refractivity contribution is 7.99. The molecule has 0 atom stereocenters. The van der Waals surface area contributed by atoms with E-state index in [1.54, 1.807) is 30.3 Å². The van der Waals surface area contributed by atoms with Crippen LogP contribution in [0.4, 0.5) is 5.82 Å². The summed E-state index contributed by atoms with van der Waals surface area (Å²) < 4.78 is 34.3. The first-order chi connectivity index (χ1) is 15.0. The fraction of sp³-hybridized carbons (Fsp3) is 0.0455. The molecule has 1 N–H and O–H groups in total. The molecule has 0 saturated heterocycles. The average Bonchev–Trinajstić information content (AvgIpc) is 3.16. The van der Waals surface area contributed by atoms with E-state index in [9.17, 15) is 8.42 Å². The minimum atomic E-state index is -3.85. The number of hydrogen-bond donors (Lipinski definition) is 1. The van der Waals surface area contributed by atoms with Crippen LogP contribution < -0.4 is 4.72 Å². The van der Waals surface area contributed by atoms with Gasteiger partial charge in [0.1, 0.15) is 10.5 Å². The summed E-state index contributed by atoms with van der Waals surface area (Å²) in [5.41, 5.74) is 3.53. The van der Waals surface area contributed by atoms with Crippen molar-refractivity contribution in [3.8, 4) is 0 Å². The Kier molecular flexibility index (Phi) is 4.84. The molecule has 0 aliphatic heterocycles. The fourth-order valence-corrected chi connectivity index (χ4v) is 4.85. The summed E-state index contributed by atoms with van der Waals surface area (Å²) in [5.74, 6) is 0.117. The number of aromatic nitrogens is 3.